The van der Waals surface area contributed by atoms with Gasteiger partial charge in [0.05, 0.1) is 25.8 Å². The molecule has 4 nitrogen and oxygen atoms in total. The van der Waals surface area contributed by atoms with Crippen LogP contribution in [-0.2, 0) is 14.3 Å². The van der Waals surface area contributed by atoms with Crippen molar-refractivity contribution in [3.63, 3.8) is 0 Å². The maximum Gasteiger partial charge on any atom is 1.00 e. The third-order valence-electron chi connectivity index (χ3n) is 0.652. The van der Waals surface area contributed by atoms with Gasteiger partial charge in [-0.2, -0.15) is 0 Å². The zero-order chi connectivity index (χ0) is 7.11. The number of carboxylic acids is 1. The van der Waals surface area contributed by atoms with Gasteiger partial charge in [-0.05, 0) is 0 Å². The zero-order valence-corrected chi connectivity index (χ0v) is 12.5. The molecule has 0 aromatic carbocycles. The Morgan fingerprint density at radius 3 is 2.50 bits per heavy atom. The molecule has 0 bridgehead atoms. The van der Waals surface area contributed by atoms with Gasteiger partial charge in [-0.1, -0.05) is 0 Å². The molecule has 0 aliphatic rings. The van der Waals surface area contributed by atoms with E-state index in [1.54, 1.807) is 0 Å². The molecule has 54 valence electrons. The topological polar surface area (TPSA) is 58.6 Å². The van der Waals surface area contributed by atoms with Crippen LogP contribution in [0.3, 0.4) is 0 Å². The van der Waals surface area contributed by atoms with Gasteiger partial charge in [0.15, 0.2) is 0 Å². The minimum absolute atomic E-state index is 0. The average molecular weight is 266 g/mol. The van der Waals surface area contributed by atoms with E-state index in [-0.39, 0.29) is 75.5 Å². The second-order valence-electron chi connectivity index (χ2n) is 1.42. The normalized spacial score (nSPS) is 8.50. The van der Waals surface area contributed by atoms with E-state index >= 15 is 0 Å². The summed E-state index contributed by atoms with van der Waals surface area (Å²) < 4.78 is 9.13. The standard InChI is InChI=1S/C5H10O4.Cs/c1-8-2-3-9-4-5(6)7;/h2-4H2,1H3,(H,6,7);/q;+1/p-1. The second-order valence-corrected chi connectivity index (χ2v) is 1.42. The Hall–Kier alpha value is 1.44. The van der Waals surface area contributed by atoms with Crippen molar-refractivity contribution in [3.05, 3.63) is 0 Å². The first-order valence-electron chi connectivity index (χ1n) is 2.54. The molecule has 0 heterocycles. The van der Waals surface area contributed by atoms with Crippen molar-refractivity contribution in [2.75, 3.05) is 26.9 Å². The van der Waals surface area contributed by atoms with Crippen molar-refractivity contribution in [3.8, 4) is 0 Å². The maximum atomic E-state index is 9.69. The van der Waals surface area contributed by atoms with E-state index in [2.05, 4.69) is 9.47 Å². The van der Waals surface area contributed by atoms with Gasteiger partial charge >= 0.3 is 68.9 Å². The van der Waals surface area contributed by atoms with Crippen LogP contribution in [0.2, 0.25) is 0 Å². The molecule has 0 saturated heterocycles. The minimum Gasteiger partial charge on any atom is -0.548 e. The van der Waals surface area contributed by atoms with Crippen molar-refractivity contribution >= 4 is 5.97 Å². The molecule has 0 saturated carbocycles. The average Bonchev–Trinajstić information content (AvgIpc) is 1.80. The number of carbonyl (C=O) groups excluding carboxylic acids is 1. The summed E-state index contributed by atoms with van der Waals surface area (Å²) in [6.07, 6.45) is 0. The molecule has 10 heavy (non-hydrogen) atoms. The third kappa shape index (κ3) is 12.1. The molecule has 5 heteroatoms. The molecule has 0 atom stereocenters. The number of aliphatic carboxylic acids is 1. The summed E-state index contributed by atoms with van der Waals surface area (Å²) in [7, 11) is 1.52. The van der Waals surface area contributed by atoms with E-state index in [4.69, 9.17) is 0 Å². The summed E-state index contributed by atoms with van der Waals surface area (Å²) >= 11 is 0. The van der Waals surface area contributed by atoms with E-state index in [9.17, 15) is 9.90 Å². The van der Waals surface area contributed by atoms with Crippen LogP contribution in [-0.4, -0.2) is 32.9 Å². The number of methoxy groups -OCH3 is 1. The summed E-state index contributed by atoms with van der Waals surface area (Å²) in [5.41, 5.74) is 0. The fourth-order valence-electron chi connectivity index (χ4n) is 0.298. The van der Waals surface area contributed by atoms with Crippen LogP contribution in [0.25, 0.3) is 0 Å². The molecule has 0 N–H and O–H groups in total. The molecule has 0 amide bonds. The van der Waals surface area contributed by atoms with Gasteiger partial charge in [-0.25, -0.2) is 0 Å². The second kappa shape index (κ2) is 10.4. The summed E-state index contributed by atoms with van der Waals surface area (Å²) in [6.45, 7) is 0.348. The van der Waals surface area contributed by atoms with Crippen LogP contribution < -0.4 is 74.0 Å². The van der Waals surface area contributed by atoms with Gasteiger partial charge < -0.3 is 19.4 Å². The molecule has 0 spiro atoms. The first kappa shape index (κ1) is 14.0. The Labute approximate surface area is 119 Å². The largest absolute Gasteiger partial charge is 1.00 e. The maximum absolute atomic E-state index is 9.69. The Bertz CT molecular complexity index is 85.7. The smallest absolute Gasteiger partial charge is 0.548 e. The number of ether oxygens (including phenoxy) is 2. The van der Waals surface area contributed by atoms with Crippen molar-refractivity contribution in [1.82, 2.24) is 0 Å². The predicted molar refractivity (Wildman–Crippen MR) is 27.7 cm³/mol. The summed E-state index contributed by atoms with van der Waals surface area (Å²) in [5, 5.41) is 9.69. The number of carboxylic acid groups (broad SMARTS) is 1. The van der Waals surface area contributed by atoms with Crippen molar-refractivity contribution in [2.45, 2.75) is 0 Å². The first-order valence-corrected chi connectivity index (χ1v) is 2.54. The zero-order valence-electron chi connectivity index (χ0n) is 6.25. The van der Waals surface area contributed by atoms with Gasteiger partial charge in [0.25, 0.3) is 0 Å². The first-order chi connectivity index (χ1) is 4.27. The number of hydrogen-bond acceptors (Lipinski definition) is 4. The molecule has 0 radical (unpaired) electrons. The quantitative estimate of drug-likeness (QED) is 0.470. The van der Waals surface area contributed by atoms with Crippen LogP contribution in [0, 0.1) is 0 Å². The minimum atomic E-state index is -1.20. The molecular formula is C5H9CsO4. The van der Waals surface area contributed by atoms with E-state index in [0.29, 0.717) is 13.2 Å². The molecule has 0 aromatic heterocycles. The SMILES string of the molecule is COCCOCC(=O)[O-].[Cs+]. The molecule has 0 aromatic rings. The van der Waals surface area contributed by atoms with Crippen LogP contribution in [0.1, 0.15) is 0 Å². The summed E-state index contributed by atoms with van der Waals surface area (Å²) in [5.74, 6) is -1.20. The Balaban J connectivity index is 0. The fraction of sp³-hybridized carbons (Fsp3) is 0.800. The van der Waals surface area contributed by atoms with Crippen LogP contribution in [0.5, 0.6) is 0 Å². The fourth-order valence-corrected chi connectivity index (χ4v) is 0.298. The molecule has 0 fully saturated rings. The Morgan fingerprint density at radius 1 is 1.50 bits per heavy atom. The summed E-state index contributed by atoms with van der Waals surface area (Å²) in [6, 6.07) is 0. The van der Waals surface area contributed by atoms with Gasteiger partial charge in [-0.3, -0.25) is 0 Å². The molecular weight excluding hydrogens is 257 g/mol. The van der Waals surface area contributed by atoms with E-state index in [0.717, 1.165) is 0 Å². The molecule has 0 aliphatic carbocycles. The van der Waals surface area contributed by atoms with Gasteiger partial charge in [-0.15, -0.1) is 0 Å². The van der Waals surface area contributed by atoms with Crippen molar-refractivity contribution in [2.24, 2.45) is 0 Å². The number of carbonyl (C=O) groups is 1. The molecule has 0 unspecified atom stereocenters. The van der Waals surface area contributed by atoms with E-state index < -0.39 is 5.97 Å². The van der Waals surface area contributed by atoms with Crippen LogP contribution >= 0.6 is 0 Å². The third-order valence-corrected chi connectivity index (χ3v) is 0.652. The van der Waals surface area contributed by atoms with Crippen LogP contribution in [0.15, 0.2) is 0 Å². The predicted octanol–water partition coefficient (Wildman–Crippen LogP) is -4.60. The monoisotopic (exact) mass is 266 g/mol. The van der Waals surface area contributed by atoms with Gasteiger partial charge in [0, 0.05) is 7.11 Å². The molecule has 0 aliphatic heterocycles. The van der Waals surface area contributed by atoms with Crippen LogP contribution in [0.4, 0.5) is 0 Å². The van der Waals surface area contributed by atoms with Gasteiger partial charge in [0.1, 0.15) is 0 Å². The van der Waals surface area contributed by atoms with E-state index in [1.807, 2.05) is 0 Å². The number of hydrogen-bond donors (Lipinski definition) is 0. The van der Waals surface area contributed by atoms with E-state index in [1.165, 1.54) is 7.11 Å². The number of rotatable bonds is 5. The summed E-state index contributed by atoms with van der Waals surface area (Å²) in [4.78, 5) is 9.69. The van der Waals surface area contributed by atoms with Gasteiger partial charge in [0.2, 0.25) is 0 Å². The molecule has 0 rings (SSSR count). The Morgan fingerprint density at radius 2 is 2.10 bits per heavy atom. The Kier molecular flexibility index (Phi) is 14.6. The van der Waals surface area contributed by atoms with Crippen molar-refractivity contribution in [1.29, 1.82) is 0 Å². The van der Waals surface area contributed by atoms with Crippen molar-refractivity contribution < 1.29 is 88.3 Å².